The number of esters is 1. The normalized spacial score (nSPS) is 10.8. The van der Waals surface area contributed by atoms with E-state index in [2.05, 4.69) is 10.6 Å². The molecule has 0 radical (unpaired) electrons. The molecule has 52 heavy (non-hydrogen) atoms. The summed E-state index contributed by atoms with van der Waals surface area (Å²) < 4.78 is 11.2. The maximum Gasteiger partial charge on any atom is 0.319 e. The third kappa shape index (κ3) is 11.4. The molecule has 2 N–H and O–H groups in total. The van der Waals surface area contributed by atoms with E-state index in [9.17, 15) is 24.0 Å². The van der Waals surface area contributed by atoms with Gasteiger partial charge in [0.25, 0.3) is 5.91 Å². The number of carbonyl (C=O) groups is 5. The summed E-state index contributed by atoms with van der Waals surface area (Å²) in [6.45, 7) is 6.21. The molecule has 5 amide bonds. The average Bonchev–Trinajstić information content (AvgIpc) is 3.11. The van der Waals surface area contributed by atoms with E-state index in [4.69, 9.17) is 9.47 Å². The fraction of sp³-hybridized carbons (Fsp3) is 0.275. The molecule has 0 aliphatic carbocycles. The number of hydrogen-bond acceptors (Lipinski definition) is 7. The topological polar surface area (TPSA) is 138 Å². The van der Waals surface area contributed by atoms with Crippen LogP contribution in [-0.2, 0) is 30.3 Å². The number of amides is 5. The first-order valence-electron chi connectivity index (χ1n) is 16.7. The van der Waals surface area contributed by atoms with E-state index in [1.165, 1.54) is 14.7 Å². The summed E-state index contributed by atoms with van der Waals surface area (Å²) in [5, 5.41) is 5.23. The molecule has 0 atom stereocenters. The third-order valence-electron chi connectivity index (χ3n) is 7.81. The highest BCUT2D eigenvalue weighted by molar-refractivity contribution is 6.05. The van der Waals surface area contributed by atoms with Gasteiger partial charge in [0, 0.05) is 42.9 Å². The summed E-state index contributed by atoms with van der Waals surface area (Å²) in [7, 11) is 3.28. The zero-order valence-electron chi connectivity index (χ0n) is 30.3. The molecule has 0 aliphatic rings. The molecule has 0 aromatic heterocycles. The van der Waals surface area contributed by atoms with Gasteiger partial charge in [0.05, 0.1) is 13.0 Å². The fourth-order valence-corrected chi connectivity index (χ4v) is 5.15. The Morgan fingerprint density at radius 3 is 2.10 bits per heavy atom. The van der Waals surface area contributed by atoms with Crippen molar-refractivity contribution >= 4 is 52.5 Å². The van der Waals surface area contributed by atoms with Gasteiger partial charge in [-0.15, -0.1) is 0 Å². The summed E-state index contributed by atoms with van der Waals surface area (Å²) in [6, 6.07) is 29.1. The van der Waals surface area contributed by atoms with Crippen molar-refractivity contribution in [2.75, 3.05) is 53.8 Å². The van der Waals surface area contributed by atoms with Crippen molar-refractivity contribution in [1.29, 1.82) is 0 Å². The summed E-state index contributed by atoms with van der Waals surface area (Å²) >= 11 is 0. The molecule has 4 rings (SSSR count). The predicted molar refractivity (Wildman–Crippen MR) is 202 cm³/mol. The second kappa shape index (κ2) is 17.7. The number of anilines is 4. The zero-order valence-corrected chi connectivity index (χ0v) is 30.3. The van der Waals surface area contributed by atoms with E-state index in [1.807, 2.05) is 37.3 Å². The first-order chi connectivity index (χ1) is 24.7. The van der Waals surface area contributed by atoms with Crippen LogP contribution in [0.25, 0.3) is 0 Å². The Labute approximate surface area is 304 Å². The van der Waals surface area contributed by atoms with Gasteiger partial charge in [-0.05, 0) is 81.3 Å². The number of para-hydroxylation sites is 2. The first-order valence-corrected chi connectivity index (χ1v) is 16.7. The maximum absolute atomic E-state index is 13.7. The van der Waals surface area contributed by atoms with Crippen LogP contribution in [-0.4, -0.2) is 69.1 Å². The van der Waals surface area contributed by atoms with Crippen LogP contribution in [0.5, 0.6) is 5.75 Å². The number of hydrogen-bond donors (Lipinski definition) is 2. The number of urea groups is 1. The maximum atomic E-state index is 13.7. The lowest BCUT2D eigenvalue weighted by atomic mass is 10.1. The van der Waals surface area contributed by atoms with Crippen LogP contribution in [0, 0.1) is 6.92 Å². The van der Waals surface area contributed by atoms with Gasteiger partial charge in [0.15, 0.2) is 6.61 Å². The van der Waals surface area contributed by atoms with Gasteiger partial charge < -0.3 is 34.8 Å². The number of rotatable bonds is 13. The molecule has 0 bridgehead atoms. The fourth-order valence-electron chi connectivity index (χ4n) is 5.15. The van der Waals surface area contributed by atoms with Crippen LogP contribution in [0.3, 0.4) is 0 Å². The monoisotopic (exact) mass is 707 g/mol. The van der Waals surface area contributed by atoms with Crippen molar-refractivity contribution in [3.63, 3.8) is 0 Å². The van der Waals surface area contributed by atoms with Gasteiger partial charge in [0.1, 0.15) is 17.9 Å². The molecule has 0 saturated carbocycles. The highest BCUT2D eigenvalue weighted by Crippen LogP contribution is 2.24. The van der Waals surface area contributed by atoms with Crippen LogP contribution in [0.1, 0.15) is 31.9 Å². The minimum absolute atomic E-state index is 0.0215. The Kier molecular flexibility index (Phi) is 13.1. The van der Waals surface area contributed by atoms with Crippen molar-refractivity contribution in [2.45, 2.75) is 39.7 Å². The smallest absolute Gasteiger partial charge is 0.319 e. The van der Waals surface area contributed by atoms with Crippen LogP contribution in [0.15, 0.2) is 103 Å². The van der Waals surface area contributed by atoms with E-state index in [-0.39, 0.29) is 31.4 Å². The molecule has 0 aliphatic heterocycles. The van der Waals surface area contributed by atoms with Gasteiger partial charge >= 0.3 is 12.0 Å². The molecular weight excluding hydrogens is 662 g/mol. The number of nitrogens with one attached hydrogen (secondary N) is 2. The summed E-state index contributed by atoms with van der Waals surface area (Å²) in [5.74, 6) is -1.33. The molecule has 4 aromatic rings. The lowest BCUT2D eigenvalue weighted by Gasteiger charge is -2.26. The summed E-state index contributed by atoms with van der Waals surface area (Å²) in [6.07, 6.45) is 0.0215. The van der Waals surface area contributed by atoms with Crippen LogP contribution in [0.4, 0.5) is 27.5 Å². The third-order valence-corrected chi connectivity index (χ3v) is 7.81. The summed E-state index contributed by atoms with van der Waals surface area (Å²) in [4.78, 5) is 69.5. The van der Waals surface area contributed by atoms with E-state index < -0.39 is 30.1 Å². The second-order valence-electron chi connectivity index (χ2n) is 13.1. The standard InChI is InChI=1S/C40H45N5O7/c1-28-14-10-11-21-34(28)44(6)37(48)27-51-33-20-13-19-32(24-33)45(26-36(47)43(5)31-17-8-7-9-18-31)35(46)25-41-39(50)42-30-16-12-15-29(22-30)23-38(49)52-40(2,3)4/h7-22,24H,23,25-27H2,1-6H3,(H2,41,42,50). The lowest BCUT2D eigenvalue weighted by Crippen LogP contribution is -2.46. The molecule has 0 unspecified atom stereocenters. The van der Waals surface area contributed by atoms with Gasteiger partial charge in [-0.25, -0.2) is 4.79 Å². The van der Waals surface area contributed by atoms with Crippen molar-refractivity contribution < 1.29 is 33.4 Å². The van der Waals surface area contributed by atoms with Gasteiger partial charge in [-0.2, -0.15) is 0 Å². The number of likely N-dealkylation sites (N-methyl/N-ethyl adjacent to an activating group) is 2. The molecule has 0 saturated heterocycles. The molecule has 4 aromatic carbocycles. The highest BCUT2D eigenvalue weighted by atomic mass is 16.6. The highest BCUT2D eigenvalue weighted by Gasteiger charge is 2.24. The Morgan fingerprint density at radius 1 is 0.712 bits per heavy atom. The Bertz CT molecular complexity index is 1890. The van der Waals surface area contributed by atoms with E-state index in [0.717, 1.165) is 11.3 Å². The minimum atomic E-state index is -0.663. The van der Waals surface area contributed by atoms with Crippen LogP contribution >= 0.6 is 0 Å². The van der Waals surface area contributed by atoms with Gasteiger partial charge in [0.2, 0.25) is 11.8 Å². The average molecular weight is 708 g/mol. The van der Waals surface area contributed by atoms with E-state index in [0.29, 0.717) is 28.4 Å². The van der Waals surface area contributed by atoms with Gasteiger partial charge in [-0.1, -0.05) is 54.6 Å². The molecule has 272 valence electrons. The summed E-state index contributed by atoms with van der Waals surface area (Å²) in [5.41, 5.74) is 3.09. The molecule has 0 spiro atoms. The number of aryl methyl sites for hydroxylation is 1. The largest absolute Gasteiger partial charge is 0.484 e. The molecule has 0 fully saturated rings. The van der Waals surface area contributed by atoms with Crippen molar-refractivity contribution in [3.05, 3.63) is 114 Å². The second-order valence-corrected chi connectivity index (χ2v) is 13.1. The van der Waals surface area contributed by atoms with Crippen LogP contribution in [0.2, 0.25) is 0 Å². The first kappa shape index (κ1) is 38.6. The van der Waals surface area contributed by atoms with E-state index in [1.54, 1.807) is 108 Å². The molecular formula is C40H45N5O7. The molecule has 0 heterocycles. The Morgan fingerprint density at radius 2 is 1.38 bits per heavy atom. The lowest BCUT2D eigenvalue weighted by molar-refractivity contribution is -0.154. The van der Waals surface area contributed by atoms with E-state index >= 15 is 0 Å². The minimum Gasteiger partial charge on any atom is -0.484 e. The van der Waals surface area contributed by atoms with Crippen LogP contribution < -0.4 is 30.1 Å². The molecule has 12 nitrogen and oxygen atoms in total. The molecule has 12 heteroatoms. The number of ether oxygens (including phenoxy) is 2. The van der Waals surface area contributed by atoms with Crippen molar-refractivity contribution in [3.8, 4) is 5.75 Å². The Hall–Kier alpha value is -6.17. The van der Waals surface area contributed by atoms with Gasteiger partial charge in [-0.3, -0.25) is 19.2 Å². The number of nitrogens with zero attached hydrogens (tertiary/aromatic N) is 3. The predicted octanol–water partition coefficient (Wildman–Crippen LogP) is 5.74. The quantitative estimate of drug-likeness (QED) is 0.169. The zero-order chi connectivity index (χ0) is 37.8. The SMILES string of the molecule is Cc1ccccc1N(C)C(=O)COc1cccc(N(CC(=O)N(C)c2ccccc2)C(=O)CNC(=O)Nc2cccc(CC(=O)OC(C)(C)C)c2)c1. The number of benzene rings is 4. The Balaban J connectivity index is 1.45. The van der Waals surface area contributed by atoms with Crippen molar-refractivity contribution in [2.24, 2.45) is 0 Å². The number of carbonyl (C=O) groups excluding carboxylic acids is 5. The van der Waals surface area contributed by atoms with Crippen molar-refractivity contribution in [1.82, 2.24) is 5.32 Å².